The molecule has 1 aromatic carbocycles. The number of unbranched alkanes of at least 4 members (excludes halogenated alkanes) is 1. The number of rotatable bonds is 6. The first-order chi connectivity index (χ1) is 11.7. The van der Waals surface area contributed by atoms with Crippen molar-refractivity contribution < 1.29 is 23.1 Å². The van der Waals surface area contributed by atoms with Gasteiger partial charge >= 0.3 is 0 Å². The van der Waals surface area contributed by atoms with Crippen LogP contribution in [0.3, 0.4) is 0 Å². The number of benzene rings is 1. The van der Waals surface area contributed by atoms with Crippen LogP contribution in [0.2, 0.25) is 0 Å². The van der Waals surface area contributed by atoms with E-state index in [1.165, 1.54) is 25.3 Å². The van der Waals surface area contributed by atoms with Gasteiger partial charge in [-0.3, -0.25) is 0 Å². The quantitative estimate of drug-likeness (QED) is 0.824. The van der Waals surface area contributed by atoms with Crippen molar-refractivity contribution in [3.63, 3.8) is 0 Å². The zero-order valence-corrected chi connectivity index (χ0v) is 16.5. The summed E-state index contributed by atoms with van der Waals surface area (Å²) in [5.41, 5.74) is -0.280. The molecule has 0 bridgehead atoms. The van der Waals surface area contributed by atoms with Crippen LogP contribution in [-0.4, -0.2) is 44.2 Å². The fourth-order valence-electron chi connectivity index (χ4n) is 3.60. The summed E-state index contributed by atoms with van der Waals surface area (Å²) in [5.74, 6) is 0.706. The molecule has 1 aliphatic rings. The first-order valence-corrected chi connectivity index (χ1v) is 10.4. The molecule has 6 nitrogen and oxygen atoms in total. The molecule has 0 spiro atoms. The Morgan fingerprint density at radius 1 is 1.24 bits per heavy atom. The number of ether oxygens (including phenoxy) is 2. The Morgan fingerprint density at radius 3 is 2.36 bits per heavy atom. The average molecular weight is 371 g/mol. The van der Waals surface area contributed by atoms with Crippen LogP contribution < -0.4 is 9.47 Å². The Bertz CT molecular complexity index is 718. The second-order valence-electron chi connectivity index (χ2n) is 6.87. The lowest BCUT2D eigenvalue weighted by molar-refractivity contribution is -0.196. The number of hydroxylamine groups is 2. The molecular formula is C18H29NO5S. The predicted octanol–water partition coefficient (Wildman–Crippen LogP) is 3.58. The summed E-state index contributed by atoms with van der Waals surface area (Å²) in [6.07, 6.45) is 2.98. The third-order valence-corrected chi connectivity index (χ3v) is 7.04. The SMILES string of the molecule is CCCC[C@]1(C)CS(=O)(=O)c2cc(OC)c(OC)cc2[C@@H](CC)N1O. The second kappa shape index (κ2) is 7.51. The molecule has 0 amide bonds. The van der Waals surface area contributed by atoms with Crippen molar-refractivity contribution in [2.75, 3.05) is 20.0 Å². The molecule has 0 radical (unpaired) electrons. The summed E-state index contributed by atoms with van der Waals surface area (Å²) >= 11 is 0. The molecule has 0 saturated carbocycles. The van der Waals surface area contributed by atoms with Gasteiger partial charge in [-0.2, -0.15) is 5.06 Å². The lowest BCUT2D eigenvalue weighted by Crippen LogP contribution is -2.49. The molecule has 25 heavy (non-hydrogen) atoms. The highest BCUT2D eigenvalue weighted by molar-refractivity contribution is 7.91. The highest BCUT2D eigenvalue weighted by Crippen LogP contribution is 2.44. The van der Waals surface area contributed by atoms with Crippen molar-refractivity contribution in [2.24, 2.45) is 0 Å². The van der Waals surface area contributed by atoms with E-state index in [4.69, 9.17) is 9.47 Å². The van der Waals surface area contributed by atoms with Crippen LogP contribution in [0.4, 0.5) is 0 Å². The lowest BCUT2D eigenvalue weighted by atomic mass is 9.92. The topological polar surface area (TPSA) is 76.1 Å². The van der Waals surface area contributed by atoms with Gasteiger partial charge in [-0.25, -0.2) is 8.42 Å². The largest absolute Gasteiger partial charge is 0.493 e. The molecule has 1 heterocycles. The number of methoxy groups -OCH3 is 2. The van der Waals surface area contributed by atoms with Crippen molar-refractivity contribution in [3.8, 4) is 11.5 Å². The molecule has 2 atom stereocenters. The van der Waals surface area contributed by atoms with Crippen molar-refractivity contribution in [1.82, 2.24) is 5.06 Å². The van der Waals surface area contributed by atoms with Gasteiger partial charge in [0.25, 0.3) is 0 Å². The van der Waals surface area contributed by atoms with E-state index in [2.05, 4.69) is 6.92 Å². The summed E-state index contributed by atoms with van der Waals surface area (Å²) in [5, 5.41) is 12.2. The molecule has 0 aromatic heterocycles. The maximum absolute atomic E-state index is 13.1. The standard InChI is InChI=1S/C18H29NO5S/c1-6-8-9-18(3)12-25(21,22)17-11-16(24-5)15(23-4)10-13(17)14(7-2)19(18)20/h10-11,14,20H,6-9,12H2,1-5H3/t14-,18-/m1/s1. The van der Waals surface area contributed by atoms with Crippen LogP contribution >= 0.6 is 0 Å². The zero-order chi connectivity index (χ0) is 18.8. The summed E-state index contributed by atoms with van der Waals surface area (Å²) < 4.78 is 36.8. The summed E-state index contributed by atoms with van der Waals surface area (Å²) in [6, 6.07) is 2.77. The van der Waals surface area contributed by atoms with E-state index >= 15 is 0 Å². The highest BCUT2D eigenvalue weighted by atomic mass is 32.2. The van der Waals surface area contributed by atoms with Gasteiger partial charge in [-0.05, 0) is 31.4 Å². The Kier molecular flexibility index (Phi) is 6.01. The van der Waals surface area contributed by atoms with Gasteiger partial charge < -0.3 is 14.7 Å². The highest BCUT2D eigenvalue weighted by Gasteiger charge is 2.45. The van der Waals surface area contributed by atoms with E-state index in [1.54, 1.807) is 6.07 Å². The summed E-state index contributed by atoms with van der Waals surface area (Å²) in [4.78, 5) is 0.219. The van der Waals surface area contributed by atoms with E-state index in [0.717, 1.165) is 12.8 Å². The minimum Gasteiger partial charge on any atom is -0.493 e. The molecule has 142 valence electrons. The first kappa shape index (κ1) is 20.0. The number of hydrogen-bond donors (Lipinski definition) is 1. The Morgan fingerprint density at radius 2 is 1.84 bits per heavy atom. The molecule has 7 heteroatoms. The number of hydrogen-bond acceptors (Lipinski definition) is 6. The summed E-state index contributed by atoms with van der Waals surface area (Å²) in [7, 11) is -0.594. The van der Waals surface area contributed by atoms with E-state index in [1.807, 2.05) is 13.8 Å². The van der Waals surface area contributed by atoms with Gasteiger partial charge in [-0.15, -0.1) is 0 Å². The van der Waals surface area contributed by atoms with Crippen LogP contribution in [0.1, 0.15) is 58.1 Å². The monoisotopic (exact) mass is 371 g/mol. The maximum atomic E-state index is 13.1. The molecule has 1 aliphatic heterocycles. The normalized spacial score (nSPS) is 25.9. The van der Waals surface area contributed by atoms with Gasteiger partial charge in [0, 0.05) is 6.07 Å². The predicted molar refractivity (Wildman–Crippen MR) is 96.2 cm³/mol. The zero-order valence-electron chi connectivity index (χ0n) is 15.7. The van der Waals surface area contributed by atoms with Crippen LogP contribution in [-0.2, 0) is 9.84 Å². The van der Waals surface area contributed by atoms with Crippen LogP contribution in [0.25, 0.3) is 0 Å². The van der Waals surface area contributed by atoms with Crippen molar-refractivity contribution in [3.05, 3.63) is 17.7 Å². The van der Waals surface area contributed by atoms with Gasteiger partial charge in [0.1, 0.15) is 0 Å². The smallest absolute Gasteiger partial charge is 0.180 e. The Balaban J connectivity index is 2.69. The molecule has 1 aromatic rings. The molecule has 0 unspecified atom stereocenters. The van der Waals surface area contributed by atoms with E-state index < -0.39 is 21.4 Å². The minimum absolute atomic E-state index is 0.129. The van der Waals surface area contributed by atoms with Crippen molar-refractivity contribution in [1.29, 1.82) is 0 Å². The molecule has 0 fully saturated rings. The van der Waals surface area contributed by atoms with Crippen LogP contribution in [0.5, 0.6) is 11.5 Å². The molecule has 1 N–H and O–H groups in total. The van der Waals surface area contributed by atoms with E-state index in [0.29, 0.717) is 29.9 Å². The third kappa shape index (κ3) is 3.64. The Hall–Kier alpha value is -1.31. The maximum Gasteiger partial charge on any atom is 0.180 e. The van der Waals surface area contributed by atoms with Gasteiger partial charge in [0.2, 0.25) is 0 Å². The van der Waals surface area contributed by atoms with E-state index in [-0.39, 0.29) is 10.6 Å². The van der Waals surface area contributed by atoms with Gasteiger partial charge in [0.15, 0.2) is 21.3 Å². The lowest BCUT2D eigenvalue weighted by Gasteiger charge is -2.39. The summed E-state index contributed by atoms with van der Waals surface area (Å²) in [6.45, 7) is 5.81. The third-order valence-electron chi connectivity index (χ3n) is 5.01. The molecular weight excluding hydrogens is 342 g/mol. The van der Waals surface area contributed by atoms with Gasteiger partial charge in [0.05, 0.1) is 36.4 Å². The minimum atomic E-state index is -3.59. The molecule has 0 aliphatic carbocycles. The van der Waals surface area contributed by atoms with Crippen molar-refractivity contribution in [2.45, 2.75) is 62.9 Å². The first-order valence-electron chi connectivity index (χ1n) is 8.71. The van der Waals surface area contributed by atoms with Crippen LogP contribution in [0, 0.1) is 0 Å². The second-order valence-corrected chi connectivity index (χ2v) is 8.83. The molecule has 0 saturated heterocycles. The van der Waals surface area contributed by atoms with E-state index in [9.17, 15) is 13.6 Å². The van der Waals surface area contributed by atoms with Gasteiger partial charge in [-0.1, -0.05) is 26.7 Å². The number of fused-ring (bicyclic) bond motifs is 1. The fourth-order valence-corrected chi connectivity index (χ4v) is 5.70. The number of nitrogens with zero attached hydrogens (tertiary/aromatic N) is 1. The van der Waals surface area contributed by atoms with Crippen molar-refractivity contribution >= 4 is 9.84 Å². The molecule has 2 rings (SSSR count). The average Bonchev–Trinajstić information content (AvgIpc) is 2.64. The number of sulfone groups is 1. The fraction of sp³-hybridized carbons (Fsp3) is 0.667. The van der Waals surface area contributed by atoms with Crippen LogP contribution in [0.15, 0.2) is 17.0 Å². The Labute approximate surface area is 150 Å².